The Hall–Kier alpha value is -1.35. The van der Waals surface area contributed by atoms with Crippen molar-refractivity contribution in [2.75, 3.05) is 32.8 Å². The Labute approximate surface area is 95.7 Å². The summed E-state index contributed by atoms with van der Waals surface area (Å²) in [6.45, 7) is -1.48. The summed E-state index contributed by atoms with van der Waals surface area (Å²) in [4.78, 5) is 21.1. The predicted molar refractivity (Wildman–Crippen MR) is 51.9 cm³/mol. The average Bonchev–Trinajstić information content (AvgIpc) is 2.19. The highest BCUT2D eigenvalue weighted by Gasteiger charge is 2.27. The van der Waals surface area contributed by atoms with Gasteiger partial charge in [0.25, 0.3) is 0 Å². The first-order chi connectivity index (χ1) is 7.81. The smallest absolute Gasteiger partial charge is 0.370 e. The van der Waals surface area contributed by atoms with Crippen LogP contribution in [0.4, 0.5) is 13.2 Å². The molecule has 0 saturated carbocycles. The highest BCUT2D eigenvalue weighted by atomic mass is 19.4. The van der Waals surface area contributed by atoms with Crippen LogP contribution in [0.3, 0.4) is 0 Å². The predicted octanol–water partition coefficient (Wildman–Crippen LogP) is -1.24. The van der Waals surface area contributed by atoms with Crippen LogP contribution in [0.2, 0.25) is 0 Å². The summed E-state index contributed by atoms with van der Waals surface area (Å²) in [6, 6.07) is 0. The van der Waals surface area contributed by atoms with Gasteiger partial charge in [-0.2, -0.15) is 13.2 Å². The molecule has 6 nitrogen and oxygen atoms in total. The number of hydrogen-bond acceptors (Lipinski definition) is 4. The molecule has 0 unspecified atom stereocenters. The summed E-state index contributed by atoms with van der Waals surface area (Å²) in [6.07, 6.45) is -4.42. The van der Waals surface area contributed by atoms with E-state index in [0.29, 0.717) is 0 Å². The van der Waals surface area contributed by atoms with Gasteiger partial charge in [0, 0.05) is 6.54 Å². The van der Waals surface area contributed by atoms with E-state index in [0.717, 1.165) is 0 Å². The maximum atomic E-state index is 11.7. The fourth-order valence-corrected chi connectivity index (χ4v) is 0.780. The van der Waals surface area contributed by atoms with Gasteiger partial charge in [0.15, 0.2) is 0 Å². The first-order valence-electron chi connectivity index (χ1n) is 4.71. The second kappa shape index (κ2) is 7.85. The number of alkyl halides is 3. The molecule has 9 heteroatoms. The van der Waals surface area contributed by atoms with Gasteiger partial charge in [-0.05, 0) is 0 Å². The molecule has 0 aromatic carbocycles. The van der Waals surface area contributed by atoms with Crippen molar-refractivity contribution in [1.82, 2.24) is 10.6 Å². The van der Waals surface area contributed by atoms with E-state index in [9.17, 15) is 22.8 Å². The second-order valence-electron chi connectivity index (χ2n) is 3.09. The molecule has 0 saturated heterocycles. The van der Waals surface area contributed by atoms with E-state index in [2.05, 4.69) is 5.32 Å². The van der Waals surface area contributed by atoms with Crippen LogP contribution in [0.5, 0.6) is 0 Å². The van der Waals surface area contributed by atoms with E-state index < -0.39 is 24.5 Å². The molecule has 0 aliphatic heterocycles. The summed E-state index contributed by atoms with van der Waals surface area (Å²) >= 11 is 0. The number of amides is 2. The van der Waals surface area contributed by atoms with E-state index in [4.69, 9.17) is 10.5 Å². The Kier molecular flexibility index (Phi) is 7.22. The van der Waals surface area contributed by atoms with Crippen LogP contribution in [-0.2, 0) is 14.3 Å². The minimum atomic E-state index is -4.42. The largest absolute Gasteiger partial charge is 0.405 e. The van der Waals surface area contributed by atoms with Crippen LogP contribution in [0.25, 0.3) is 0 Å². The van der Waals surface area contributed by atoms with Gasteiger partial charge in [-0.3, -0.25) is 9.59 Å². The molecule has 0 heterocycles. The number of halogens is 3. The van der Waals surface area contributed by atoms with Crippen molar-refractivity contribution in [2.45, 2.75) is 6.18 Å². The van der Waals surface area contributed by atoms with Gasteiger partial charge in [-0.15, -0.1) is 0 Å². The van der Waals surface area contributed by atoms with Crippen LogP contribution in [0, 0.1) is 0 Å². The lowest BCUT2D eigenvalue weighted by Gasteiger charge is -2.08. The fraction of sp³-hybridized carbons (Fsp3) is 0.750. The van der Waals surface area contributed by atoms with Crippen molar-refractivity contribution >= 4 is 11.8 Å². The molecule has 0 spiro atoms. The van der Waals surface area contributed by atoms with E-state index in [1.165, 1.54) is 0 Å². The van der Waals surface area contributed by atoms with Gasteiger partial charge < -0.3 is 21.1 Å². The van der Waals surface area contributed by atoms with Crippen molar-refractivity contribution in [3.05, 3.63) is 0 Å². The number of rotatable bonds is 8. The third kappa shape index (κ3) is 12.6. The fourth-order valence-electron chi connectivity index (χ4n) is 0.780. The second-order valence-corrected chi connectivity index (χ2v) is 3.09. The van der Waals surface area contributed by atoms with Crippen LogP contribution < -0.4 is 16.4 Å². The Morgan fingerprint density at radius 3 is 2.47 bits per heavy atom. The van der Waals surface area contributed by atoms with Crippen LogP contribution in [0.15, 0.2) is 0 Å². The van der Waals surface area contributed by atoms with Crippen molar-refractivity contribution in [3.8, 4) is 0 Å². The Bertz CT molecular complexity index is 258. The molecule has 0 bridgehead atoms. The SMILES string of the molecule is NC(=O)COCCNCC(=O)NCC(F)(F)F. The van der Waals surface area contributed by atoms with E-state index >= 15 is 0 Å². The standard InChI is InChI=1S/C8H14F3N3O3/c9-8(10,11)5-14-7(16)3-13-1-2-17-4-6(12)15/h13H,1-5H2,(H2,12,15)(H,14,16). The number of carbonyl (C=O) groups is 2. The van der Waals surface area contributed by atoms with Gasteiger partial charge >= 0.3 is 6.18 Å². The number of primary amides is 1. The average molecular weight is 257 g/mol. The van der Waals surface area contributed by atoms with Crippen molar-refractivity contribution in [3.63, 3.8) is 0 Å². The monoisotopic (exact) mass is 257 g/mol. The first kappa shape index (κ1) is 15.7. The number of nitrogens with two attached hydrogens (primary N) is 1. The van der Waals surface area contributed by atoms with Gasteiger partial charge in [0.2, 0.25) is 11.8 Å². The zero-order valence-corrected chi connectivity index (χ0v) is 8.97. The molecule has 17 heavy (non-hydrogen) atoms. The lowest BCUT2D eigenvalue weighted by Crippen LogP contribution is -2.40. The summed E-state index contributed by atoms with van der Waals surface area (Å²) in [5, 5.41) is 4.23. The van der Waals surface area contributed by atoms with Crippen LogP contribution in [-0.4, -0.2) is 50.8 Å². The lowest BCUT2D eigenvalue weighted by atomic mass is 10.5. The van der Waals surface area contributed by atoms with Crippen molar-refractivity contribution in [1.29, 1.82) is 0 Å². The maximum absolute atomic E-state index is 11.7. The molecule has 0 aromatic heterocycles. The Balaban J connectivity index is 3.37. The zero-order valence-electron chi connectivity index (χ0n) is 8.97. The summed E-state index contributed by atoms with van der Waals surface area (Å²) in [5.74, 6) is -1.38. The summed E-state index contributed by atoms with van der Waals surface area (Å²) in [7, 11) is 0. The molecule has 0 radical (unpaired) electrons. The summed E-state index contributed by atoms with van der Waals surface area (Å²) in [5.41, 5.74) is 4.78. The van der Waals surface area contributed by atoms with Gasteiger partial charge in [0.1, 0.15) is 13.2 Å². The molecule has 0 atom stereocenters. The molecule has 4 N–H and O–H groups in total. The molecule has 0 aliphatic rings. The lowest BCUT2D eigenvalue weighted by molar-refractivity contribution is -0.137. The maximum Gasteiger partial charge on any atom is 0.405 e. The van der Waals surface area contributed by atoms with Crippen LogP contribution in [0.1, 0.15) is 0 Å². The van der Waals surface area contributed by atoms with E-state index in [-0.39, 0.29) is 26.3 Å². The molecule has 2 amide bonds. The van der Waals surface area contributed by atoms with Gasteiger partial charge in [-0.1, -0.05) is 0 Å². The van der Waals surface area contributed by atoms with Gasteiger partial charge in [0.05, 0.1) is 13.2 Å². The number of hydrogen-bond donors (Lipinski definition) is 3. The molecule has 0 aliphatic carbocycles. The molecule has 100 valence electrons. The highest BCUT2D eigenvalue weighted by molar-refractivity contribution is 5.78. The van der Waals surface area contributed by atoms with E-state index in [1.54, 1.807) is 5.32 Å². The quantitative estimate of drug-likeness (QED) is 0.474. The molecular formula is C8H14F3N3O3. The molecular weight excluding hydrogens is 243 g/mol. The topological polar surface area (TPSA) is 93.5 Å². The number of ether oxygens (including phenoxy) is 1. The van der Waals surface area contributed by atoms with Gasteiger partial charge in [-0.25, -0.2) is 0 Å². The molecule has 0 fully saturated rings. The Morgan fingerprint density at radius 1 is 1.29 bits per heavy atom. The number of carbonyl (C=O) groups excluding carboxylic acids is 2. The summed E-state index contributed by atoms with van der Waals surface area (Å²) < 4.78 is 39.8. The molecule has 0 rings (SSSR count). The normalized spacial score (nSPS) is 11.2. The van der Waals surface area contributed by atoms with E-state index in [1.807, 2.05) is 0 Å². The first-order valence-corrected chi connectivity index (χ1v) is 4.71. The van der Waals surface area contributed by atoms with Crippen molar-refractivity contribution in [2.24, 2.45) is 5.73 Å². The minimum absolute atomic E-state index is 0.134. The van der Waals surface area contributed by atoms with Crippen molar-refractivity contribution < 1.29 is 27.5 Å². The zero-order chi connectivity index (χ0) is 13.3. The number of nitrogens with one attached hydrogen (secondary N) is 2. The molecule has 0 aromatic rings. The third-order valence-corrected chi connectivity index (χ3v) is 1.44. The Morgan fingerprint density at radius 2 is 1.94 bits per heavy atom. The third-order valence-electron chi connectivity index (χ3n) is 1.44. The van der Waals surface area contributed by atoms with Crippen LogP contribution >= 0.6 is 0 Å². The minimum Gasteiger partial charge on any atom is -0.370 e. The highest BCUT2D eigenvalue weighted by Crippen LogP contribution is 2.11.